The third-order valence-electron chi connectivity index (χ3n) is 2.81. The van der Waals surface area contributed by atoms with Gasteiger partial charge in [0.25, 0.3) is 5.91 Å². The number of carbonyl (C=O) groups is 1. The molecule has 0 fully saturated rings. The van der Waals surface area contributed by atoms with E-state index in [0.717, 1.165) is 10.7 Å². The van der Waals surface area contributed by atoms with Crippen molar-refractivity contribution in [1.29, 1.82) is 0 Å². The topological polar surface area (TPSA) is 62.2 Å². The summed E-state index contributed by atoms with van der Waals surface area (Å²) < 4.78 is 0. The summed E-state index contributed by atoms with van der Waals surface area (Å²) in [5, 5.41) is 14.6. The van der Waals surface area contributed by atoms with Crippen LogP contribution < -0.4 is 5.32 Å². The summed E-state index contributed by atoms with van der Waals surface area (Å²) in [4.78, 5) is 16.5. The Bertz CT molecular complexity index is 683. The number of nitrogens with one attached hydrogen (secondary N) is 1. The van der Waals surface area contributed by atoms with E-state index in [1.165, 1.54) is 0 Å². The molecule has 0 aliphatic carbocycles. The lowest BCUT2D eigenvalue weighted by atomic mass is 10.1. The van der Waals surface area contributed by atoms with Crippen LogP contribution in [0, 0.1) is 18.8 Å². The van der Waals surface area contributed by atoms with Crippen LogP contribution in [-0.4, -0.2) is 29.1 Å². The molecule has 0 aliphatic heterocycles. The summed E-state index contributed by atoms with van der Waals surface area (Å²) in [5.41, 5.74) is 2.13. The molecule has 0 saturated heterocycles. The van der Waals surface area contributed by atoms with Gasteiger partial charge in [0.15, 0.2) is 0 Å². The zero-order valence-corrected chi connectivity index (χ0v) is 12.5. The summed E-state index contributed by atoms with van der Waals surface area (Å²) in [6.45, 7) is 2.27. The maximum Gasteiger partial charge on any atom is 0.252 e. The first-order chi connectivity index (χ1) is 10.2. The number of carbonyl (C=O) groups excluding carboxylic acids is 1. The zero-order chi connectivity index (χ0) is 15.1. The third-order valence-corrected chi connectivity index (χ3v) is 3.63. The molecule has 1 heterocycles. The second-order valence-corrected chi connectivity index (χ2v) is 5.43. The van der Waals surface area contributed by atoms with Crippen LogP contribution in [0.5, 0.6) is 0 Å². The van der Waals surface area contributed by atoms with Gasteiger partial charge >= 0.3 is 0 Å². The van der Waals surface area contributed by atoms with Crippen LogP contribution in [0.3, 0.4) is 0 Å². The molecule has 0 aliphatic rings. The molecule has 0 bridgehead atoms. The molecule has 0 saturated carbocycles. The lowest BCUT2D eigenvalue weighted by Gasteiger charge is -2.06. The number of hydrogen-bond donors (Lipinski definition) is 2. The van der Waals surface area contributed by atoms with Crippen molar-refractivity contribution < 1.29 is 9.90 Å². The second-order valence-electron chi connectivity index (χ2n) is 4.37. The highest BCUT2D eigenvalue weighted by Crippen LogP contribution is 2.09. The summed E-state index contributed by atoms with van der Waals surface area (Å²) in [7, 11) is 0. The average Bonchev–Trinajstić information content (AvgIpc) is 2.91. The highest BCUT2D eigenvalue weighted by Gasteiger charge is 2.09. The predicted molar refractivity (Wildman–Crippen MR) is 83.3 cm³/mol. The van der Waals surface area contributed by atoms with E-state index in [2.05, 4.69) is 22.1 Å². The van der Waals surface area contributed by atoms with Gasteiger partial charge in [-0.2, -0.15) is 0 Å². The monoisotopic (exact) mass is 300 g/mol. The van der Waals surface area contributed by atoms with Crippen LogP contribution >= 0.6 is 11.3 Å². The second kappa shape index (κ2) is 7.58. The Labute approximate surface area is 127 Å². The minimum Gasteiger partial charge on any atom is -0.384 e. The Hall–Kier alpha value is -2.16. The Morgan fingerprint density at radius 3 is 2.95 bits per heavy atom. The molecule has 2 aromatic rings. The fourth-order valence-corrected chi connectivity index (χ4v) is 2.49. The van der Waals surface area contributed by atoms with Gasteiger partial charge in [-0.3, -0.25) is 4.79 Å². The van der Waals surface area contributed by atoms with Crippen LogP contribution in [0.15, 0.2) is 29.6 Å². The van der Waals surface area contributed by atoms with Gasteiger partial charge in [0.1, 0.15) is 6.61 Å². The normalized spacial score (nSPS) is 9.81. The minimum absolute atomic E-state index is 0.162. The third kappa shape index (κ3) is 4.42. The first-order valence-electron chi connectivity index (χ1n) is 6.58. The summed E-state index contributed by atoms with van der Waals surface area (Å²) >= 11 is 1.61. The van der Waals surface area contributed by atoms with Gasteiger partial charge in [0.05, 0.1) is 16.3 Å². The van der Waals surface area contributed by atoms with Crippen LogP contribution in [0.1, 0.15) is 26.6 Å². The molecule has 1 amide bonds. The van der Waals surface area contributed by atoms with Crippen LogP contribution in [0.25, 0.3) is 0 Å². The molecule has 5 heteroatoms. The van der Waals surface area contributed by atoms with E-state index >= 15 is 0 Å². The lowest BCUT2D eigenvalue weighted by Crippen LogP contribution is -2.26. The molecule has 0 radical (unpaired) electrons. The van der Waals surface area contributed by atoms with Gasteiger partial charge in [-0.15, -0.1) is 11.3 Å². The van der Waals surface area contributed by atoms with Crippen molar-refractivity contribution in [3.05, 3.63) is 51.5 Å². The predicted octanol–water partition coefficient (Wildman–Crippen LogP) is 1.77. The number of aliphatic hydroxyl groups excluding tert-OH is 1. The molecular weight excluding hydrogens is 284 g/mol. The highest BCUT2D eigenvalue weighted by atomic mass is 32.1. The van der Waals surface area contributed by atoms with E-state index in [1.807, 2.05) is 18.4 Å². The molecule has 0 unspecified atom stereocenters. The van der Waals surface area contributed by atoms with Gasteiger partial charge in [-0.1, -0.05) is 24.0 Å². The quantitative estimate of drug-likeness (QED) is 0.846. The first-order valence-corrected chi connectivity index (χ1v) is 7.46. The van der Waals surface area contributed by atoms with Crippen molar-refractivity contribution in [2.75, 3.05) is 13.2 Å². The van der Waals surface area contributed by atoms with Gasteiger partial charge in [-0.05, 0) is 19.1 Å². The summed E-state index contributed by atoms with van der Waals surface area (Å²) in [5.74, 6) is 5.18. The molecule has 1 aromatic heterocycles. The zero-order valence-electron chi connectivity index (χ0n) is 11.7. The van der Waals surface area contributed by atoms with Crippen molar-refractivity contribution in [2.24, 2.45) is 0 Å². The molecule has 108 valence electrons. The Morgan fingerprint density at radius 2 is 2.24 bits per heavy atom. The van der Waals surface area contributed by atoms with E-state index in [9.17, 15) is 4.79 Å². The smallest absolute Gasteiger partial charge is 0.252 e. The number of aryl methyl sites for hydroxylation is 1. The van der Waals surface area contributed by atoms with Crippen molar-refractivity contribution in [3.63, 3.8) is 0 Å². The highest BCUT2D eigenvalue weighted by molar-refractivity contribution is 7.09. The Kier molecular flexibility index (Phi) is 5.50. The molecular formula is C16H16N2O2S. The minimum atomic E-state index is -0.223. The van der Waals surface area contributed by atoms with Crippen molar-refractivity contribution >= 4 is 17.2 Å². The molecule has 21 heavy (non-hydrogen) atoms. The number of aliphatic hydroxyl groups is 1. The summed E-state index contributed by atoms with van der Waals surface area (Å²) in [6, 6.07) is 7.10. The molecule has 2 rings (SSSR count). The number of nitrogens with zero attached hydrogens (tertiary/aromatic N) is 1. The first kappa shape index (κ1) is 15.2. The largest absolute Gasteiger partial charge is 0.384 e. The lowest BCUT2D eigenvalue weighted by molar-refractivity contribution is 0.0954. The SMILES string of the molecule is Cc1nc(CCNC(=O)c2ccccc2C#CCO)cs1. The Morgan fingerprint density at radius 1 is 1.43 bits per heavy atom. The number of benzene rings is 1. The van der Waals surface area contributed by atoms with Crippen molar-refractivity contribution in [2.45, 2.75) is 13.3 Å². The number of rotatable bonds is 4. The maximum absolute atomic E-state index is 12.2. The van der Waals surface area contributed by atoms with Crippen LogP contribution in [0.4, 0.5) is 0 Å². The molecule has 4 nitrogen and oxygen atoms in total. The van der Waals surface area contributed by atoms with Crippen molar-refractivity contribution in [3.8, 4) is 11.8 Å². The number of thiazole rings is 1. The number of aromatic nitrogens is 1. The van der Waals surface area contributed by atoms with Gasteiger partial charge < -0.3 is 10.4 Å². The molecule has 2 N–H and O–H groups in total. The standard InChI is InChI=1S/C16H16N2O2S/c1-12-18-14(11-21-12)8-9-17-16(20)15-7-3-2-5-13(15)6-4-10-19/h2-3,5,7,11,19H,8-10H2,1H3,(H,17,20). The van der Waals surface area contributed by atoms with Crippen LogP contribution in [0.2, 0.25) is 0 Å². The molecule has 0 atom stereocenters. The van der Waals surface area contributed by atoms with Gasteiger partial charge in [-0.25, -0.2) is 4.98 Å². The van der Waals surface area contributed by atoms with Crippen LogP contribution in [-0.2, 0) is 6.42 Å². The fraction of sp³-hybridized carbons (Fsp3) is 0.250. The number of amides is 1. The van der Waals surface area contributed by atoms with E-state index in [1.54, 1.807) is 29.5 Å². The fourth-order valence-electron chi connectivity index (χ4n) is 1.85. The van der Waals surface area contributed by atoms with Gasteiger partial charge in [0.2, 0.25) is 0 Å². The molecule has 0 spiro atoms. The van der Waals surface area contributed by atoms with E-state index < -0.39 is 0 Å². The van der Waals surface area contributed by atoms with E-state index in [0.29, 0.717) is 24.1 Å². The Balaban J connectivity index is 1.97. The van der Waals surface area contributed by atoms with Gasteiger partial charge in [0, 0.05) is 23.9 Å². The van der Waals surface area contributed by atoms with E-state index in [-0.39, 0.29) is 12.5 Å². The summed E-state index contributed by atoms with van der Waals surface area (Å²) in [6.07, 6.45) is 0.709. The number of hydrogen-bond acceptors (Lipinski definition) is 4. The van der Waals surface area contributed by atoms with E-state index in [4.69, 9.17) is 5.11 Å². The average molecular weight is 300 g/mol. The van der Waals surface area contributed by atoms with Crippen molar-refractivity contribution in [1.82, 2.24) is 10.3 Å². The maximum atomic E-state index is 12.2. The molecule has 1 aromatic carbocycles.